The van der Waals surface area contributed by atoms with Gasteiger partial charge in [-0.25, -0.2) is 0 Å². The molecule has 1 aliphatic rings. The number of carbonyl (C=O) groups excluding carboxylic acids is 1. The highest BCUT2D eigenvalue weighted by Crippen LogP contribution is 2.23. The molecule has 0 aliphatic carbocycles. The number of hydrogen-bond donors (Lipinski definition) is 6. The number of nitrogens with one attached hydrogen (secondary N) is 1. The fourth-order valence-electron chi connectivity index (χ4n) is 8.78. The molecule has 0 saturated carbocycles. The summed E-state index contributed by atoms with van der Waals surface area (Å²) in [5, 5.41) is 54.4. The lowest BCUT2D eigenvalue weighted by Gasteiger charge is -2.40. The van der Waals surface area contributed by atoms with E-state index in [4.69, 9.17) is 9.47 Å². The van der Waals surface area contributed by atoms with Crippen LogP contribution in [-0.4, -0.2) is 87.5 Å². The molecule has 1 aliphatic heterocycles. The van der Waals surface area contributed by atoms with Gasteiger partial charge in [0.1, 0.15) is 24.4 Å². The van der Waals surface area contributed by atoms with E-state index in [9.17, 15) is 30.3 Å². The first-order valence-electron chi connectivity index (χ1n) is 27.7. The molecule has 0 aromatic heterocycles. The van der Waals surface area contributed by atoms with E-state index in [0.29, 0.717) is 6.42 Å². The standard InChI is InChI=1S/C56H105NO8/c1-3-5-7-9-11-13-15-17-19-21-23-25-26-27-29-31-33-35-37-39-41-43-45-50(59)49(48-64-56-55(63)54(62)53(61)51(47-58)65-56)57-52(60)46-44-42-40-38-36-34-32-30-28-24-22-20-18-16-14-12-10-8-6-4-2/h27,29,35,37,43,45,49-51,53-56,58-59,61-63H,3-26,28,30-34,36,38-42,44,46-48H2,1-2H3,(H,57,60)/b29-27+,37-35+,45-43+. The molecule has 65 heavy (non-hydrogen) atoms. The monoisotopic (exact) mass is 920 g/mol. The number of aliphatic hydroxyl groups is 5. The Hall–Kier alpha value is -1.59. The van der Waals surface area contributed by atoms with Gasteiger partial charge in [0.2, 0.25) is 5.91 Å². The molecule has 0 radical (unpaired) electrons. The van der Waals surface area contributed by atoms with Crippen molar-refractivity contribution in [3.63, 3.8) is 0 Å². The van der Waals surface area contributed by atoms with Crippen molar-refractivity contribution in [2.24, 2.45) is 0 Å². The first kappa shape index (κ1) is 61.4. The molecule has 0 aromatic carbocycles. The topological polar surface area (TPSA) is 149 Å². The molecule has 1 amide bonds. The highest BCUT2D eigenvalue weighted by Gasteiger charge is 2.44. The zero-order valence-corrected chi connectivity index (χ0v) is 42.3. The summed E-state index contributed by atoms with van der Waals surface area (Å²) in [6.07, 6.45) is 52.0. The van der Waals surface area contributed by atoms with Gasteiger partial charge in [0.15, 0.2) is 6.29 Å². The second-order valence-corrected chi connectivity index (χ2v) is 19.4. The van der Waals surface area contributed by atoms with Crippen molar-refractivity contribution in [3.8, 4) is 0 Å². The summed E-state index contributed by atoms with van der Waals surface area (Å²) in [5.41, 5.74) is 0. The summed E-state index contributed by atoms with van der Waals surface area (Å²) in [5.74, 6) is -0.187. The third-order valence-electron chi connectivity index (χ3n) is 13.2. The van der Waals surface area contributed by atoms with Gasteiger partial charge in [0.25, 0.3) is 0 Å². The van der Waals surface area contributed by atoms with Gasteiger partial charge in [-0.1, -0.05) is 243 Å². The maximum atomic E-state index is 13.0. The molecule has 1 fully saturated rings. The lowest BCUT2D eigenvalue weighted by Crippen LogP contribution is -2.60. The van der Waals surface area contributed by atoms with Gasteiger partial charge in [0, 0.05) is 6.42 Å². The fraction of sp³-hybridized carbons (Fsp3) is 0.875. The molecule has 7 unspecified atom stereocenters. The van der Waals surface area contributed by atoms with Crippen LogP contribution >= 0.6 is 0 Å². The van der Waals surface area contributed by atoms with Crippen molar-refractivity contribution < 1.29 is 39.8 Å². The fourth-order valence-corrected chi connectivity index (χ4v) is 8.78. The Labute approximate surface area is 400 Å². The first-order chi connectivity index (χ1) is 31.8. The van der Waals surface area contributed by atoms with E-state index in [2.05, 4.69) is 43.5 Å². The first-order valence-corrected chi connectivity index (χ1v) is 27.7. The molecule has 1 heterocycles. The van der Waals surface area contributed by atoms with Crippen LogP contribution in [0, 0.1) is 0 Å². The van der Waals surface area contributed by atoms with Crippen molar-refractivity contribution >= 4 is 5.91 Å². The Morgan fingerprint density at radius 1 is 0.508 bits per heavy atom. The van der Waals surface area contributed by atoms with E-state index in [-0.39, 0.29) is 12.5 Å². The van der Waals surface area contributed by atoms with Crippen LogP contribution in [0.4, 0.5) is 0 Å². The Morgan fingerprint density at radius 3 is 1.29 bits per heavy atom. The number of amides is 1. The third kappa shape index (κ3) is 36.1. The number of unbranched alkanes of at least 4 members (excludes halogenated alkanes) is 33. The summed E-state index contributed by atoms with van der Waals surface area (Å²) in [4.78, 5) is 13.0. The summed E-state index contributed by atoms with van der Waals surface area (Å²) < 4.78 is 11.2. The average molecular weight is 920 g/mol. The quantitative estimate of drug-likeness (QED) is 0.0261. The highest BCUT2D eigenvalue weighted by atomic mass is 16.7. The van der Waals surface area contributed by atoms with Crippen LogP contribution in [0.15, 0.2) is 36.5 Å². The van der Waals surface area contributed by atoms with Crippen LogP contribution in [0.5, 0.6) is 0 Å². The van der Waals surface area contributed by atoms with Crippen LogP contribution in [0.25, 0.3) is 0 Å². The van der Waals surface area contributed by atoms with Crippen LogP contribution in [0.1, 0.15) is 258 Å². The number of ether oxygens (including phenoxy) is 2. The van der Waals surface area contributed by atoms with Crippen molar-refractivity contribution in [2.45, 2.75) is 301 Å². The summed E-state index contributed by atoms with van der Waals surface area (Å²) in [7, 11) is 0. The summed E-state index contributed by atoms with van der Waals surface area (Å²) in [6.45, 7) is 3.78. The van der Waals surface area contributed by atoms with Crippen LogP contribution in [0.3, 0.4) is 0 Å². The van der Waals surface area contributed by atoms with Crippen LogP contribution in [-0.2, 0) is 14.3 Å². The molecule has 1 saturated heterocycles. The Kier molecular flexibility index (Phi) is 43.6. The van der Waals surface area contributed by atoms with Gasteiger partial charge in [-0.15, -0.1) is 0 Å². The molecule has 9 heteroatoms. The predicted molar refractivity (Wildman–Crippen MR) is 272 cm³/mol. The molecule has 0 bridgehead atoms. The SMILES string of the molecule is CCCCCCCCCCCCCC/C=C/CC/C=C/CC/C=C/C(O)C(COC1OC(CO)C(O)C(O)C1O)NC(=O)CCCCCCCCCCCCCCCCCCCCCC. The van der Waals surface area contributed by atoms with Crippen molar-refractivity contribution in [3.05, 3.63) is 36.5 Å². The molecule has 7 atom stereocenters. The number of allylic oxidation sites excluding steroid dienone is 5. The van der Waals surface area contributed by atoms with Gasteiger partial charge in [0.05, 0.1) is 25.4 Å². The predicted octanol–water partition coefficient (Wildman–Crippen LogP) is 13.2. The molecule has 0 aromatic rings. The van der Waals surface area contributed by atoms with Gasteiger partial charge in [-0.05, 0) is 44.9 Å². The zero-order chi connectivity index (χ0) is 47.3. The maximum Gasteiger partial charge on any atom is 0.220 e. The Morgan fingerprint density at radius 2 is 0.877 bits per heavy atom. The van der Waals surface area contributed by atoms with Crippen molar-refractivity contribution in [2.75, 3.05) is 13.2 Å². The van der Waals surface area contributed by atoms with E-state index < -0.39 is 49.5 Å². The highest BCUT2D eigenvalue weighted by molar-refractivity contribution is 5.76. The Bertz CT molecular complexity index is 1110. The van der Waals surface area contributed by atoms with Crippen LogP contribution < -0.4 is 5.32 Å². The van der Waals surface area contributed by atoms with Gasteiger partial charge in [-0.2, -0.15) is 0 Å². The normalized spacial score (nSPS) is 20.1. The van der Waals surface area contributed by atoms with E-state index in [1.165, 1.54) is 193 Å². The molecule has 1 rings (SSSR count). The lowest BCUT2D eigenvalue weighted by atomic mass is 9.99. The molecular formula is C56H105NO8. The van der Waals surface area contributed by atoms with Crippen LogP contribution in [0.2, 0.25) is 0 Å². The van der Waals surface area contributed by atoms with E-state index in [1.807, 2.05) is 6.08 Å². The summed E-state index contributed by atoms with van der Waals surface area (Å²) in [6, 6.07) is -0.826. The minimum atomic E-state index is -1.57. The smallest absolute Gasteiger partial charge is 0.220 e. The molecule has 382 valence electrons. The number of aliphatic hydroxyl groups excluding tert-OH is 5. The molecule has 6 N–H and O–H groups in total. The maximum absolute atomic E-state index is 13.0. The second kappa shape index (κ2) is 46.2. The average Bonchev–Trinajstić information content (AvgIpc) is 3.31. The zero-order valence-electron chi connectivity index (χ0n) is 42.3. The largest absolute Gasteiger partial charge is 0.394 e. The lowest BCUT2D eigenvalue weighted by molar-refractivity contribution is -0.302. The Balaban J connectivity index is 2.29. The van der Waals surface area contributed by atoms with Gasteiger partial charge >= 0.3 is 0 Å². The molecule has 9 nitrogen and oxygen atoms in total. The number of rotatable bonds is 47. The van der Waals surface area contributed by atoms with E-state index in [1.54, 1.807) is 6.08 Å². The summed E-state index contributed by atoms with van der Waals surface area (Å²) >= 11 is 0. The second-order valence-electron chi connectivity index (χ2n) is 19.4. The van der Waals surface area contributed by atoms with Gasteiger partial charge < -0.3 is 40.3 Å². The van der Waals surface area contributed by atoms with E-state index in [0.717, 1.165) is 44.9 Å². The number of carbonyl (C=O) groups is 1. The van der Waals surface area contributed by atoms with Crippen molar-refractivity contribution in [1.82, 2.24) is 5.32 Å². The van der Waals surface area contributed by atoms with E-state index >= 15 is 0 Å². The molecular weight excluding hydrogens is 815 g/mol. The van der Waals surface area contributed by atoms with Gasteiger partial charge in [-0.3, -0.25) is 4.79 Å². The van der Waals surface area contributed by atoms with Crippen molar-refractivity contribution in [1.29, 1.82) is 0 Å². The molecule has 0 spiro atoms. The third-order valence-corrected chi connectivity index (χ3v) is 13.2. The minimum absolute atomic E-state index is 0.187. The minimum Gasteiger partial charge on any atom is -0.394 e. The number of hydrogen-bond acceptors (Lipinski definition) is 8.